The van der Waals surface area contributed by atoms with E-state index in [4.69, 9.17) is 14.9 Å². The van der Waals surface area contributed by atoms with Crippen molar-refractivity contribution in [1.29, 1.82) is 0 Å². The third kappa shape index (κ3) is 723. The first-order chi connectivity index (χ1) is 8.33. The average molecular weight is 248 g/mol. The van der Waals surface area contributed by atoms with Crippen LogP contribution in [-0.4, -0.2) is 36.6 Å². The van der Waals surface area contributed by atoms with Gasteiger partial charge in [-0.2, -0.15) is 0 Å². The highest BCUT2D eigenvalue weighted by molar-refractivity contribution is 4.23. The van der Waals surface area contributed by atoms with E-state index >= 15 is 0 Å². The lowest BCUT2D eigenvalue weighted by Gasteiger charge is -1.86. The molecule has 0 aliphatic carbocycles. The Morgan fingerprint density at radius 2 is 0.824 bits per heavy atom. The monoisotopic (exact) mass is 248 g/mol. The van der Waals surface area contributed by atoms with Gasteiger partial charge >= 0.3 is 0 Å². The van der Waals surface area contributed by atoms with Crippen LogP contribution in [0.3, 0.4) is 0 Å². The van der Waals surface area contributed by atoms with Gasteiger partial charge in [-0.25, -0.2) is 0 Å². The molecule has 0 bridgehead atoms. The molecule has 0 spiro atoms. The normalized spacial score (nSPS) is 5.18. The molecule has 2 N–H and O–H groups in total. The maximum Gasteiger partial charge on any atom is 0.0662 e. The molecule has 0 unspecified atom stereocenters. The summed E-state index contributed by atoms with van der Waals surface area (Å²) in [6.07, 6.45) is 0. The fourth-order valence-electron chi connectivity index (χ4n) is 0.204. The second kappa shape index (κ2) is 193. The summed E-state index contributed by atoms with van der Waals surface area (Å²) in [5, 5.41) is 15.2. The molecule has 0 saturated carbocycles. The van der Waals surface area contributed by atoms with Crippen molar-refractivity contribution in [3.05, 3.63) is 52.6 Å². The minimum atomic E-state index is -0.125. The molecule has 0 aliphatic rings. The lowest BCUT2D eigenvalue weighted by molar-refractivity contribution is 0.162. The predicted octanol–water partition coefficient (Wildman–Crippen LogP) is 3.22. The molecule has 0 aliphatic heterocycles. The van der Waals surface area contributed by atoms with E-state index < -0.39 is 0 Å². The number of rotatable bonds is 3. The quantitative estimate of drug-likeness (QED) is 0.754. The van der Waals surface area contributed by atoms with Crippen LogP contribution >= 0.6 is 0 Å². The number of aliphatic hydroxyl groups is 2. The molecular formula is C14H32O3. The van der Waals surface area contributed by atoms with Crippen molar-refractivity contribution in [2.45, 2.75) is 13.8 Å². The molecule has 0 amide bonds. The molecule has 0 atom stereocenters. The summed E-state index contributed by atoms with van der Waals surface area (Å²) < 4.78 is 4.83. The Labute approximate surface area is 108 Å². The SMILES string of the molecule is C=C.C=C.C=C.C=C.CCOCC.OCCO. The van der Waals surface area contributed by atoms with Gasteiger partial charge in [0.25, 0.3) is 0 Å². The first kappa shape index (κ1) is 36.0. The molecule has 0 radical (unpaired) electrons. The van der Waals surface area contributed by atoms with Crippen molar-refractivity contribution in [2.24, 2.45) is 0 Å². The maximum atomic E-state index is 7.62. The second-order valence-electron chi connectivity index (χ2n) is 1.23. The summed E-state index contributed by atoms with van der Waals surface area (Å²) in [6.45, 7) is 29.4. The molecule has 0 aromatic rings. The zero-order valence-electron chi connectivity index (χ0n) is 11.8. The molecule has 3 nitrogen and oxygen atoms in total. The highest BCUT2D eigenvalue weighted by Gasteiger charge is 1.64. The van der Waals surface area contributed by atoms with Crippen molar-refractivity contribution < 1.29 is 14.9 Å². The van der Waals surface area contributed by atoms with Gasteiger partial charge in [0.2, 0.25) is 0 Å². The van der Waals surface area contributed by atoms with Crippen LogP contribution in [0.15, 0.2) is 52.6 Å². The summed E-state index contributed by atoms with van der Waals surface area (Å²) in [5.41, 5.74) is 0. The second-order valence-corrected chi connectivity index (χ2v) is 1.23. The highest BCUT2D eigenvalue weighted by Crippen LogP contribution is 1.64. The summed E-state index contributed by atoms with van der Waals surface area (Å²) in [7, 11) is 0. The highest BCUT2D eigenvalue weighted by atomic mass is 16.5. The Morgan fingerprint density at radius 1 is 0.647 bits per heavy atom. The largest absolute Gasteiger partial charge is 0.394 e. The maximum absolute atomic E-state index is 7.62. The van der Waals surface area contributed by atoms with E-state index in [0.29, 0.717) is 0 Å². The average Bonchev–Trinajstić information content (AvgIpc) is 2.48. The van der Waals surface area contributed by atoms with Crippen LogP contribution in [-0.2, 0) is 4.74 Å². The van der Waals surface area contributed by atoms with Gasteiger partial charge in [0.1, 0.15) is 0 Å². The van der Waals surface area contributed by atoms with E-state index in [1.807, 2.05) is 13.8 Å². The van der Waals surface area contributed by atoms with Crippen molar-refractivity contribution in [1.82, 2.24) is 0 Å². The minimum absolute atomic E-state index is 0.125. The molecule has 3 heteroatoms. The van der Waals surface area contributed by atoms with Crippen LogP contribution in [0.25, 0.3) is 0 Å². The fourth-order valence-corrected chi connectivity index (χ4v) is 0.204. The van der Waals surface area contributed by atoms with Crippen LogP contribution in [0.5, 0.6) is 0 Å². The molecule has 106 valence electrons. The summed E-state index contributed by atoms with van der Waals surface area (Å²) in [5.74, 6) is 0. The smallest absolute Gasteiger partial charge is 0.0662 e. The van der Waals surface area contributed by atoms with Crippen molar-refractivity contribution in [3.8, 4) is 0 Å². The number of hydrogen-bond donors (Lipinski definition) is 2. The lowest BCUT2D eigenvalue weighted by atomic mass is 10.8. The zero-order chi connectivity index (χ0) is 15.5. The summed E-state index contributed by atoms with van der Waals surface area (Å²) in [4.78, 5) is 0. The van der Waals surface area contributed by atoms with E-state index in [9.17, 15) is 0 Å². The Morgan fingerprint density at radius 3 is 0.824 bits per heavy atom. The Bertz CT molecular complexity index is 56.5. The van der Waals surface area contributed by atoms with E-state index in [0.717, 1.165) is 13.2 Å². The van der Waals surface area contributed by atoms with Gasteiger partial charge in [0.05, 0.1) is 13.2 Å². The Balaban J connectivity index is -0.0000000228. The third-order valence-electron chi connectivity index (χ3n) is 0.508. The zero-order valence-corrected chi connectivity index (χ0v) is 11.8. The van der Waals surface area contributed by atoms with Crippen LogP contribution in [0.2, 0.25) is 0 Å². The summed E-state index contributed by atoms with van der Waals surface area (Å²) >= 11 is 0. The number of ether oxygens (including phenoxy) is 1. The first-order valence-electron chi connectivity index (χ1n) is 5.12. The molecule has 0 heterocycles. The molecule has 17 heavy (non-hydrogen) atoms. The first-order valence-corrected chi connectivity index (χ1v) is 5.12. The van der Waals surface area contributed by atoms with Crippen LogP contribution in [0, 0.1) is 0 Å². The van der Waals surface area contributed by atoms with Crippen LogP contribution < -0.4 is 0 Å². The minimum Gasteiger partial charge on any atom is -0.394 e. The fraction of sp³-hybridized carbons (Fsp3) is 0.429. The molecule has 0 aromatic heterocycles. The van der Waals surface area contributed by atoms with E-state index in [1.54, 1.807) is 0 Å². The third-order valence-corrected chi connectivity index (χ3v) is 0.508. The topological polar surface area (TPSA) is 49.7 Å². The van der Waals surface area contributed by atoms with Gasteiger partial charge < -0.3 is 14.9 Å². The van der Waals surface area contributed by atoms with Gasteiger partial charge in [-0.3, -0.25) is 0 Å². The van der Waals surface area contributed by atoms with Crippen LogP contribution in [0.1, 0.15) is 13.8 Å². The standard InChI is InChI=1S/C4H10O.C2H6O2.4C2H4/c1-3-5-4-2;3-1-2-4;4*1-2/h3-4H2,1-2H3;3-4H,1-2H2;4*1-2H2. The van der Waals surface area contributed by atoms with Gasteiger partial charge in [0, 0.05) is 13.2 Å². The van der Waals surface area contributed by atoms with E-state index in [-0.39, 0.29) is 13.2 Å². The molecule has 0 saturated heterocycles. The molecule has 0 fully saturated rings. The predicted molar refractivity (Wildman–Crippen MR) is 81.4 cm³/mol. The number of aliphatic hydroxyl groups excluding tert-OH is 2. The Hall–Kier alpha value is -1.16. The summed E-state index contributed by atoms with van der Waals surface area (Å²) in [6, 6.07) is 0. The van der Waals surface area contributed by atoms with Crippen molar-refractivity contribution in [3.63, 3.8) is 0 Å². The van der Waals surface area contributed by atoms with E-state index in [1.165, 1.54) is 0 Å². The van der Waals surface area contributed by atoms with E-state index in [2.05, 4.69) is 52.6 Å². The van der Waals surface area contributed by atoms with Gasteiger partial charge in [-0.05, 0) is 13.8 Å². The van der Waals surface area contributed by atoms with Gasteiger partial charge in [-0.1, -0.05) is 0 Å². The number of hydrogen-bond acceptors (Lipinski definition) is 3. The Kier molecular flexibility index (Phi) is 409. The lowest BCUT2D eigenvalue weighted by Crippen LogP contribution is -1.85. The van der Waals surface area contributed by atoms with Gasteiger partial charge in [-0.15, -0.1) is 52.6 Å². The molecule has 0 rings (SSSR count). The van der Waals surface area contributed by atoms with Crippen molar-refractivity contribution >= 4 is 0 Å². The molecule has 0 aromatic carbocycles. The molecular weight excluding hydrogens is 216 g/mol. The van der Waals surface area contributed by atoms with Crippen LogP contribution in [0.4, 0.5) is 0 Å². The van der Waals surface area contributed by atoms with Gasteiger partial charge in [0.15, 0.2) is 0 Å². The van der Waals surface area contributed by atoms with Crippen molar-refractivity contribution in [2.75, 3.05) is 26.4 Å².